The van der Waals surface area contributed by atoms with E-state index in [2.05, 4.69) is 5.32 Å². The predicted octanol–water partition coefficient (Wildman–Crippen LogP) is 5.06. The highest BCUT2D eigenvalue weighted by Gasteiger charge is 2.35. The Kier molecular flexibility index (Phi) is 4.91. The molecule has 0 aliphatic heterocycles. The first kappa shape index (κ1) is 16.3. The smallest absolute Gasteiger partial charge is 0.313 e. The molecule has 1 aromatic carbocycles. The lowest BCUT2D eigenvalue weighted by Gasteiger charge is -2.19. The van der Waals surface area contributed by atoms with Crippen molar-refractivity contribution < 1.29 is 17.6 Å². The molecule has 7 heteroatoms. The minimum atomic E-state index is -4.70. The van der Waals surface area contributed by atoms with Crippen LogP contribution in [0.15, 0.2) is 30.3 Å². The molecule has 0 fully saturated rings. The second-order valence-electron chi connectivity index (χ2n) is 4.46. The first-order chi connectivity index (χ1) is 9.82. The van der Waals surface area contributed by atoms with Crippen LogP contribution >= 0.6 is 22.9 Å². The summed E-state index contributed by atoms with van der Waals surface area (Å²) in [6, 6.07) is 6.25. The van der Waals surface area contributed by atoms with Gasteiger partial charge in [0.1, 0.15) is 5.82 Å². The predicted molar refractivity (Wildman–Crippen MR) is 76.2 cm³/mol. The molecule has 0 saturated carbocycles. The molecular formula is C14H12ClF4NS. The number of likely N-dealkylation sites (N-methyl/N-ethyl adjacent to an activating group) is 1. The van der Waals surface area contributed by atoms with Crippen LogP contribution in [0.25, 0.3) is 0 Å². The number of nitrogens with one attached hydrogen (secondary N) is 1. The highest BCUT2D eigenvalue weighted by molar-refractivity contribution is 7.16. The van der Waals surface area contributed by atoms with Gasteiger partial charge in [-0.2, -0.15) is 13.2 Å². The zero-order valence-electron chi connectivity index (χ0n) is 11.0. The van der Waals surface area contributed by atoms with Crippen LogP contribution in [0.1, 0.15) is 22.0 Å². The summed E-state index contributed by atoms with van der Waals surface area (Å²) >= 11 is 7.15. The summed E-state index contributed by atoms with van der Waals surface area (Å²) in [7, 11) is 1.58. The number of benzene rings is 1. The number of thiophene rings is 1. The summed E-state index contributed by atoms with van der Waals surface area (Å²) < 4.78 is 53.0. The van der Waals surface area contributed by atoms with Gasteiger partial charge < -0.3 is 5.32 Å². The van der Waals surface area contributed by atoms with E-state index >= 15 is 0 Å². The zero-order chi connectivity index (χ0) is 15.6. The van der Waals surface area contributed by atoms with Crippen LogP contribution in [0.3, 0.4) is 0 Å². The van der Waals surface area contributed by atoms with Crippen LogP contribution in [-0.4, -0.2) is 7.05 Å². The normalized spacial score (nSPS) is 13.4. The molecule has 0 saturated heterocycles. The van der Waals surface area contributed by atoms with Crippen molar-refractivity contribution in [1.82, 2.24) is 5.32 Å². The maximum Gasteiger partial charge on any atom is 0.419 e. The Bertz CT molecular complexity index is 624. The van der Waals surface area contributed by atoms with E-state index in [0.29, 0.717) is 10.8 Å². The van der Waals surface area contributed by atoms with Crippen molar-refractivity contribution in [2.45, 2.75) is 18.6 Å². The van der Waals surface area contributed by atoms with Crippen LogP contribution in [0.4, 0.5) is 17.6 Å². The average Bonchev–Trinajstić information content (AvgIpc) is 2.81. The Morgan fingerprint density at radius 3 is 2.48 bits per heavy atom. The Morgan fingerprint density at radius 2 is 1.95 bits per heavy atom. The van der Waals surface area contributed by atoms with Crippen LogP contribution < -0.4 is 5.32 Å². The molecule has 2 rings (SSSR count). The molecule has 2 aromatic rings. The van der Waals surface area contributed by atoms with Gasteiger partial charge >= 0.3 is 6.18 Å². The molecule has 0 radical (unpaired) electrons. The van der Waals surface area contributed by atoms with Gasteiger partial charge in [0, 0.05) is 22.9 Å². The molecule has 0 aliphatic rings. The van der Waals surface area contributed by atoms with E-state index in [1.54, 1.807) is 19.2 Å². The molecule has 0 amide bonds. The van der Waals surface area contributed by atoms with Crippen LogP contribution in [-0.2, 0) is 12.6 Å². The third-order valence-corrected chi connectivity index (χ3v) is 4.35. The fraction of sp³-hybridized carbons (Fsp3) is 0.286. The van der Waals surface area contributed by atoms with E-state index in [4.69, 9.17) is 11.6 Å². The molecule has 1 N–H and O–H groups in total. The van der Waals surface area contributed by atoms with E-state index in [0.717, 1.165) is 10.9 Å². The summed E-state index contributed by atoms with van der Waals surface area (Å²) in [4.78, 5) is 0.871. The van der Waals surface area contributed by atoms with Crippen molar-refractivity contribution in [2.75, 3.05) is 7.05 Å². The number of halogens is 5. The monoisotopic (exact) mass is 337 g/mol. The summed E-state index contributed by atoms with van der Waals surface area (Å²) in [5.41, 5.74) is -1.25. The molecule has 114 valence electrons. The fourth-order valence-corrected chi connectivity index (χ4v) is 3.20. The topological polar surface area (TPSA) is 12.0 Å². The Hall–Kier alpha value is -1.11. The van der Waals surface area contributed by atoms with E-state index < -0.39 is 23.6 Å². The van der Waals surface area contributed by atoms with Gasteiger partial charge in [0.15, 0.2) is 0 Å². The van der Waals surface area contributed by atoms with Gasteiger partial charge in [-0.3, -0.25) is 0 Å². The first-order valence-corrected chi connectivity index (χ1v) is 7.29. The summed E-state index contributed by atoms with van der Waals surface area (Å²) in [5, 5.41) is 2.85. The Labute approximate surface area is 128 Å². The van der Waals surface area contributed by atoms with Crippen molar-refractivity contribution in [3.63, 3.8) is 0 Å². The van der Waals surface area contributed by atoms with Gasteiger partial charge in [0.25, 0.3) is 0 Å². The molecule has 1 heterocycles. The number of rotatable bonds is 4. The molecule has 1 unspecified atom stereocenters. The first-order valence-electron chi connectivity index (χ1n) is 6.10. The second kappa shape index (κ2) is 6.34. The average molecular weight is 338 g/mol. The quantitative estimate of drug-likeness (QED) is 0.769. The largest absolute Gasteiger partial charge is 0.419 e. The third-order valence-electron chi connectivity index (χ3n) is 3.09. The van der Waals surface area contributed by atoms with Gasteiger partial charge in [-0.15, -0.1) is 11.3 Å². The SMILES string of the molecule is CNC(Cc1ccc(Cl)s1)c1cccc(C(F)(F)F)c1F. The van der Waals surface area contributed by atoms with Crippen molar-refractivity contribution in [1.29, 1.82) is 0 Å². The summed E-state index contributed by atoms with van der Waals surface area (Å²) in [6.45, 7) is 0. The van der Waals surface area contributed by atoms with Gasteiger partial charge in [-0.25, -0.2) is 4.39 Å². The summed E-state index contributed by atoms with van der Waals surface area (Å²) in [5.74, 6) is -1.23. The zero-order valence-corrected chi connectivity index (χ0v) is 12.5. The molecule has 1 atom stereocenters. The van der Waals surface area contributed by atoms with Crippen molar-refractivity contribution in [2.24, 2.45) is 0 Å². The van der Waals surface area contributed by atoms with E-state index in [9.17, 15) is 17.6 Å². The Balaban J connectivity index is 2.34. The molecule has 21 heavy (non-hydrogen) atoms. The highest BCUT2D eigenvalue weighted by Crippen LogP contribution is 2.35. The van der Waals surface area contributed by atoms with Gasteiger partial charge in [0.05, 0.1) is 9.90 Å². The van der Waals surface area contributed by atoms with Gasteiger partial charge in [-0.1, -0.05) is 23.7 Å². The maximum atomic E-state index is 14.1. The lowest BCUT2D eigenvalue weighted by atomic mass is 9.99. The van der Waals surface area contributed by atoms with Crippen LogP contribution in [0.5, 0.6) is 0 Å². The fourth-order valence-electron chi connectivity index (χ4n) is 2.07. The maximum absolute atomic E-state index is 14.1. The number of hydrogen-bond acceptors (Lipinski definition) is 2. The second-order valence-corrected chi connectivity index (χ2v) is 6.26. The minimum absolute atomic E-state index is 0.00292. The number of hydrogen-bond donors (Lipinski definition) is 1. The van der Waals surface area contributed by atoms with E-state index in [1.165, 1.54) is 23.5 Å². The lowest BCUT2D eigenvalue weighted by Crippen LogP contribution is -2.21. The lowest BCUT2D eigenvalue weighted by molar-refractivity contribution is -0.140. The number of alkyl halides is 3. The molecule has 0 spiro atoms. The van der Waals surface area contributed by atoms with E-state index in [-0.39, 0.29) is 5.56 Å². The van der Waals surface area contributed by atoms with Crippen LogP contribution in [0, 0.1) is 5.82 Å². The minimum Gasteiger partial charge on any atom is -0.313 e. The molecule has 1 aromatic heterocycles. The van der Waals surface area contributed by atoms with Crippen molar-refractivity contribution in [3.05, 3.63) is 56.5 Å². The highest BCUT2D eigenvalue weighted by atomic mass is 35.5. The van der Waals surface area contributed by atoms with Gasteiger partial charge in [-0.05, 0) is 25.2 Å². The molecular weight excluding hydrogens is 326 g/mol. The van der Waals surface area contributed by atoms with Gasteiger partial charge in [0.2, 0.25) is 0 Å². The molecule has 0 bridgehead atoms. The van der Waals surface area contributed by atoms with E-state index in [1.807, 2.05) is 0 Å². The van der Waals surface area contributed by atoms with Crippen molar-refractivity contribution >= 4 is 22.9 Å². The van der Waals surface area contributed by atoms with Crippen LogP contribution in [0.2, 0.25) is 4.34 Å². The summed E-state index contributed by atoms with van der Waals surface area (Å²) in [6.07, 6.45) is -4.34. The molecule has 1 nitrogen and oxygen atoms in total. The Morgan fingerprint density at radius 1 is 1.24 bits per heavy atom. The third kappa shape index (κ3) is 3.75. The van der Waals surface area contributed by atoms with Crippen molar-refractivity contribution in [3.8, 4) is 0 Å². The molecule has 0 aliphatic carbocycles. The standard InChI is InChI=1S/C14H12ClF4NS/c1-20-11(7-8-5-6-12(15)21-8)9-3-2-4-10(13(9)16)14(17,18)19/h2-6,11,20H,7H2,1H3.